The number of aryl methyl sites for hydroxylation is 1. The molecule has 2 unspecified atom stereocenters. The Hall–Kier alpha value is -0.830. The van der Waals surface area contributed by atoms with Gasteiger partial charge in [-0.1, -0.05) is 20.3 Å². The number of aromatic nitrogens is 2. The number of hydrogen-bond donors (Lipinski definition) is 1. The summed E-state index contributed by atoms with van der Waals surface area (Å²) in [6.45, 7) is 4.20. The fraction of sp³-hybridized carbons (Fsp3) is 0.700. The van der Waals surface area contributed by atoms with Gasteiger partial charge in [0.15, 0.2) is 0 Å². The quantitative estimate of drug-likeness (QED) is 0.772. The molecule has 1 aromatic heterocycles. The van der Waals surface area contributed by atoms with Crippen LogP contribution in [0.3, 0.4) is 0 Å². The zero-order valence-corrected chi connectivity index (χ0v) is 8.57. The van der Waals surface area contributed by atoms with Crippen LogP contribution in [0.5, 0.6) is 0 Å². The molecule has 74 valence electrons. The maximum Gasteiger partial charge on any atom is 0.0981 e. The van der Waals surface area contributed by atoms with Gasteiger partial charge in [-0.25, -0.2) is 0 Å². The second-order valence-corrected chi connectivity index (χ2v) is 3.59. The van der Waals surface area contributed by atoms with Crippen molar-refractivity contribution in [3.05, 3.63) is 18.0 Å². The fourth-order valence-electron chi connectivity index (χ4n) is 1.58. The smallest absolute Gasteiger partial charge is 0.0981 e. The third-order valence-corrected chi connectivity index (χ3v) is 2.44. The third-order valence-electron chi connectivity index (χ3n) is 2.44. The normalized spacial score (nSPS) is 15.7. The lowest BCUT2D eigenvalue weighted by Gasteiger charge is -2.18. The summed E-state index contributed by atoms with van der Waals surface area (Å²) in [6.07, 6.45) is 3.49. The molecule has 1 rings (SSSR count). The maximum atomic E-state index is 9.93. The summed E-state index contributed by atoms with van der Waals surface area (Å²) < 4.78 is 1.73. The number of rotatable bonds is 4. The van der Waals surface area contributed by atoms with Crippen LogP contribution in [-0.2, 0) is 7.05 Å². The van der Waals surface area contributed by atoms with Crippen molar-refractivity contribution in [2.45, 2.75) is 32.8 Å². The monoisotopic (exact) mass is 182 g/mol. The minimum absolute atomic E-state index is 0.306. The van der Waals surface area contributed by atoms with Gasteiger partial charge < -0.3 is 5.11 Å². The number of hydrogen-bond acceptors (Lipinski definition) is 2. The zero-order chi connectivity index (χ0) is 9.84. The molecular formula is C10H18N2O. The molecule has 0 saturated carbocycles. The average molecular weight is 182 g/mol. The van der Waals surface area contributed by atoms with E-state index < -0.39 is 0 Å². The highest BCUT2D eigenvalue weighted by Crippen LogP contribution is 2.24. The van der Waals surface area contributed by atoms with Gasteiger partial charge in [0.1, 0.15) is 0 Å². The molecule has 13 heavy (non-hydrogen) atoms. The van der Waals surface area contributed by atoms with Gasteiger partial charge in [-0.05, 0) is 18.4 Å². The second kappa shape index (κ2) is 4.42. The van der Waals surface area contributed by atoms with Gasteiger partial charge in [-0.3, -0.25) is 4.68 Å². The molecule has 0 aliphatic carbocycles. The summed E-state index contributed by atoms with van der Waals surface area (Å²) in [5.41, 5.74) is 0.904. The van der Waals surface area contributed by atoms with E-state index in [1.54, 1.807) is 10.9 Å². The first-order valence-corrected chi connectivity index (χ1v) is 4.82. The molecule has 1 N–H and O–H groups in total. The molecule has 0 saturated heterocycles. The zero-order valence-electron chi connectivity index (χ0n) is 8.57. The van der Waals surface area contributed by atoms with Crippen LogP contribution in [-0.4, -0.2) is 14.9 Å². The Labute approximate surface area is 79.4 Å². The van der Waals surface area contributed by atoms with Crippen molar-refractivity contribution < 1.29 is 5.11 Å². The second-order valence-electron chi connectivity index (χ2n) is 3.59. The SMILES string of the molecule is CCCC(C)C(O)c1ccnn1C. The Bertz CT molecular complexity index is 257. The summed E-state index contributed by atoms with van der Waals surface area (Å²) in [6, 6.07) is 1.87. The molecule has 0 aliphatic heterocycles. The molecule has 0 bridgehead atoms. The van der Waals surface area contributed by atoms with Gasteiger partial charge in [0.05, 0.1) is 11.8 Å². The highest BCUT2D eigenvalue weighted by Gasteiger charge is 2.17. The molecule has 1 heterocycles. The van der Waals surface area contributed by atoms with Gasteiger partial charge >= 0.3 is 0 Å². The Balaban J connectivity index is 2.67. The lowest BCUT2D eigenvalue weighted by molar-refractivity contribution is 0.104. The van der Waals surface area contributed by atoms with Crippen LogP contribution < -0.4 is 0 Å². The predicted octanol–water partition coefficient (Wildman–Crippen LogP) is 1.89. The van der Waals surface area contributed by atoms with Crippen molar-refractivity contribution in [3.8, 4) is 0 Å². The van der Waals surface area contributed by atoms with Gasteiger partial charge in [0, 0.05) is 13.2 Å². The number of aliphatic hydroxyl groups is 1. The van der Waals surface area contributed by atoms with Crippen molar-refractivity contribution in [2.75, 3.05) is 0 Å². The van der Waals surface area contributed by atoms with Crippen molar-refractivity contribution in [3.63, 3.8) is 0 Å². The lowest BCUT2D eigenvalue weighted by atomic mass is 9.97. The minimum Gasteiger partial charge on any atom is -0.387 e. The Kier molecular flexibility index (Phi) is 3.48. The van der Waals surface area contributed by atoms with Crippen LogP contribution in [0, 0.1) is 5.92 Å². The summed E-state index contributed by atoms with van der Waals surface area (Å²) in [4.78, 5) is 0. The van der Waals surface area contributed by atoms with Gasteiger partial charge in [0.2, 0.25) is 0 Å². The molecule has 3 heteroatoms. The summed E-state index contributed by atoms with van der Waals surface area (Å²) >= 11 is 0. The van der Waals surface area contributed by atoms with Crippen LogP contribution in [0.1, 0.15) is 38.5 Å². The Morgan fingerprint density at radius 3 is 2.77 bits per heavy atom. The van der Waals surface area contributed by atoms with E-state index in [-0.39, 0.29) is 6.10 Å². The molecule has 0 radical (unpaired) electrons. The first-order valence-electron chi connectivity index (χ1n) is 4.82. The van der Waals surface area contributed by atoms with Crippen molar-refractivity contribution in [1.82, 2.24) is 9.78 Å². The van der Waals surface area contributed by atoms with Crippen molar-refractivity contribution in [2.24, 2.45) is 13.0 Å². The summed E-state index contributed by atoms with van der Waals surface area (Å²) in [5.74, 6) is 0.306. The summed E-state index contributed by atoms with van der Waals surface area (Å²) in [7, 11) is 1.86. The van der Waals surface area contributed by atoms with Crippen LogP contribution in [0.2, 0.25) is 0 Å². The molecule has 0 spiro atoms. The highest BCUT2D eigenvalue weighted by molar-refractivity contribution is 5.04. The average Bonchev–Trinajstić information content (AvgIpc) is 2.50. The molecule has 0 amide bonds. The first-order chi connectivity index (χ1) is 6.16. The van der Waals surface area contributed by atoms with Crippen molar-refractivity contribution in [1.29, 1.82) is 0 Å². The maximum absolute atomic E-state index is 9.93. The topological polar surface area (TPSA) is 38.1 Å². The van der Waals surface area contributed by atoms with Gasteiger partial charge in [-0.15, -0.1) is 0 Å². The van der Waals surface area contributed by atoms with Crippen molar-refractivity contribution >= 4 is 0 Å². The van der Waals surface area contributed by atoms with E-state index in [9.17, 15) is 5.11 Å². The van der Waals surface area contributed by atoms with Crippen LogP contribution in [0.15, 0.2) is 12.3 Å². The van der Waals surface area contributed by atoms with E-state index in [2.05, 4.69) is 18.9 Å². The standard InChI is InChI=1S/C10H18N2O/c1-4-5-8(2)10(13)9-6-7-11-12(9)3/h6-8,10,13H,4-5H2,1-3H3. The highest BCUT2D eigenvalue weighted by atomic mass is 16.3. The van der Waals surface area contributed by atoms with E-state index in [1.807, 2.05) is 13.1 Å². The Morgan fingerprint density at radius 1 is 1.62 bits per heavy atom. The van der Waals surface area contributed by atoms with Gasteiger partial charge in [0.25, 0.3) is 0 Å². The number of aliphatic hydroxyl groups excluding tert-OH is 1. The number of nitrogens with zero attached hydrogens (tertiary/aromatic N) is 2. The van der Waals surface area contributed by atoms with E-state index in [0.29, 0.717) is 5.92 Å². The van der Waals surface area contributed by atoms with Crippen LogP contribution >= 0.6 is 0 Å². The molecule has 2 atom stereocenters. The molecule has 0 fully saturated rings. The first kappa shape index (κ1) is 10.3. The predicted molar refractivity (Wildman–Crippen MR) is 52.2 cm³/mol. The van der Waals surface area contributed by atoms with E-state index in [4.69, 9.17) is 0 Å². The van der Waals surface area contributed by atoms with Crippen LogP contribution in [0.4, 0.5) is 0 Å². The third kappa shape index (κ3) is 2.31. The molecule has 1 aromatic rings. The molecule has 0 aliphatic rings. The lowest BCUT2D eigenvalue weighted by Crippen LogP contribution is -2.13. The fourth-order valence-corrected chi connectivity index (χ4v) is 1.58. The molecular weight excluding hydrogens is 164 g/mol. The Morgan fingerprint density at radius 2 is 2.31 bits per heavy atom. The molecule has 3 nitrogen and oxygen atoms in total. The minimum atomic E-state index is -0.382. The largest absolute Gasteiger partial charge is 0.387 e. The van der Waals surface area contributed by atoms with Gasteiger partial charge in [-0.2, -0.15) is 5.10 Å². The van der Waals surface area contributed by atoms with Crippen LogP contribution in [0.25, 0.3) is 0 Å². The van der Waals surface area contributed by atoms with E-state index in [1.165, 1.54) is 0 Å². The summed E-state index contributed by atoms with van der Waals surface area (Å²) in [5, 5.41) is 14.0. The van der Waals surface area contributed by atoms with E-state index >= 15 is 0 Å². The van der Waals surface area contributed by atoms with E-state index in [0.717, 1.165) is 18.5 Å². The molecule has 0 aromatic carbocycles.